The lowest BCUT2D eigenvalue weighted by Crippen LogP contribution is -2.30. The Morgan fingerprint density at radius 3 is 2.40 bits per heavy atom. The summed E-state index contributed by atoms with van der Waals surface area (Å²) >= 11 is 0. The van der Waals surface area contributed by atoms with E-state index in [9.17, 15) is 26.4 Å². The van der Waals surface area contributed by atoms with Crippen LogP contribution in [0.5, 0.6) is 0 Å². The van der Waals surface area contributed by atoms with Gasteiger partial charge in [-0.1, -0.05) is 24.3 Å². The number of rotatable bonds is 2. The van der Waals surface area contributed by atoms with Gasteiger partial charge in [0, 0.05) is 29.4 Å². The van der Waals surface area contributed by atoms with Gasteiger partial charge in [-0.25, -0.2) is 8.42 Å². The van der Waals surface area contributed by atoms with Gasteiger partial charge in [-0.3, -0.25) is 9.10 Å². The average molecular weight is 432 g/mol. The molecule has 0 saturated heterocycles. The molecule has 154 valence electrons. The number of carbonyl (C=O) groups is 1. The van der Waals surface area contributed by atoms with E-state index in [-0.39, 0.29) is 16.1 Å². The SMILES string of the molecule is CN1c2ccc(C(=O)Nc3cccc(C(F)(F)F)c3)cc2-c2ccccc2S1(=O)=O. The Labute approximate surface area is 170 Å². The van der Waals surface area contributed by atoms with Crippen molar-refractivity contribution in [2.75, 3.05) is 16.7 Å². The third kappa shape index (κ3) is 3.30. The van der Waals surface area contributed by atoms with Crippen LogP contribution in [0, 0.1) is 0 Å². The van der Waals surface area contributed by atoms with Crippen LogP contribution >= 0.6 is 0 Å². The van der Waals surface area contributed by atoms with Crippen LogP contribution in [0.15, 0.2) is 71.6 Å². The number of nitrogens with zero attached hydrogens (tertiary/aromatic N) is 1. The van der Waals surface area contributed by atoms with Crippen molar-refractivity contribution < 1.29 is 26.4 Å². The molecular formula is C21H15F3N2O3S. The van der Waals surface area contributed by atoms with Gasteiger partial charge in [-0.15, -0.1) is 0 Å². The van der Waals surface area contributed by atoms with E-state index in [0.29, 0.717) is 16.8 Å². The monoisotopic (exact) mass is 432 g/mol. The van der Waals surface area contributed by atoms with E-state index in [1.54, 1.807) is 18.2 Å². The predicted octanol–water partition coefficient (Wildman–Crippen LogP) is 4.76. The highest BCUT2D eigenvalue weighted by Gasteiger charge is 2.33. The van der Waals surface area contributed by atoms with E-state index in [4.69, 9.17) is 0 Å². The molecule has 0 radical (unpaired) electrons. The first-order valence-corrected chi connectivity index (χ1v) is 10.2. The highest BCUT2D eigenvalue weighted by atomic mass is 32.2. The lowest BCUT2D eigenvalue weighted by Gasteiger charge is -2.29. The molecule has 30 heavy (non-hydrogen) atoms. The maximum Gasteiger partial charge on any atom is 0.416 e. The number of alkyl halides is 3. The molecule has 1 aliphatic heterocycles. The average Bonchev–Trinajstić information content (AvgIpc) is 2.71. The molecule has 3 aromatic rings. The van der Waals surface area contributed by atoms with Crippen molar-refractivity contribution in [3.8, 4) is 11.1 Å². The van der Waals surface area contributed by atoms with Crippen molar-refractivity contribution in [2.24, 2.45) is 0 Å². The number of hydrogen-bond donors (Lipinski definition) is 1. The summed E-state index contributed by atoms with van der Waals surface area (Å²) in [6.07, 6.45) is -4.52. The van der Waals surface area contributed by atoms with Crippen LogP contribution < -0.4 is 9.62 Å². The Morgan fingerprint density at radius 1 is 0.933 bits per heavy atom. The van der Waals surface area contributed by atoms with Crippen LogP contribution in [-0.4, -0.2) is 21.4 Å². The highest BCUT2D eigenvalue weighted by molar-refractivity contribution is 7.93. The fraction of sp³-hybridized carbons (Fsp3) is 0.0952. The van der Waals surface area contributed by atoms with Crippen LogP contribution in [0.25, 0.3) is 11.1 Å². The van der Waals surface area contributed by atoms with Crippen LogP contribution in [0.2, 0.25) is 0 Å². The minimum absolute atomic E-state index is 0.00708. The highest BCUT2D eigenvalue weighted by Crippen LogP contribution is 2.42. The first kappa shape index (κ1) is 20.0. The molecule has 0 fully saturated rings. The van der Waals surface area contributed by atoms with Gasteiger partial charge in [0.25, 0.3) is 15.9 Å². The van der Waals surface area contributed by atoms with Crippen molar-refractivity contribution in [1.29, 1.82) is 0 Å². The van der Waals surface area contributed by atoms with Gasteiger partial charge in [0.05, 0.1) is 16.1 Å². The summed E-state index contributed by atoms with van der Waals surface area (Å²) in [5.41, 5.74) is 0.732. The second-order valence-electron chi connectivity index (χ2n) is 6.73. The minimum atomic E-state index is -4.52. The third-order valence-corrected chi connectivity index (χ3v) is 6.69. The number of anilines is 2. The lowest BCUT2D eigenvalue weighted by atomic mass is 10.00. The van der Waals surface area contributed by atoms with E-state index in [0.717, 1.165) is 16.4 Å². The van der Waals surface area contributed by atoms with Gasteiger partial charge >= 0.3 is 6.18 Å². The molecular weight excluding hydrogens is 417 g/mol. The molecule has 0 spiro atoms. The van der Waals surface area contributed by atoms with Crippen LogP contribution in [0.1, 0.15) is 15.9 Å². The maximum absolute atomic E-state index is 12.9. The molecule has 0 unspecified atom stereocenters. The molecule has 9 heteroatoms. The van der Waals surface area contributed by atoms with Crippen molar-refractivity contribution in [1.82, 2.24) is 0 Å². The van der Waals surface area contributed by atoms with Gasteiger partial charge in [0.2, 0.25) is 0 Å². The smallest absolute Gasteiger partial charge is 0.322 e. The normalized spacial score (nSPS) is 14.6. The molecule has 0 saturated carbocycles. The number of carbonyl (C=O) groups excluding carboxylic acids is 1. The Morgan fingerprint density at radius 2 is 1.67 bits per heavy atom. The zero-order valence-corrected chi connectivity index (χ0v) is 16.4. The number of nitrogens with one attached hydrogen (secondary N) is 1. The zero-order chi connectivity index (χ0) is 21.7. The van der Waals surface area contributed by atoms with Gasteiger partial charge in [0.1, 0.15) is 0 Å². The van der Waals surface area contributed by atoms with Crippen molar-refractivity contribution in [3.05, 3.63) is 77.9 Å². The fourth-order valence-electron chi connectivity index (χ4n) is 3.34. The molecule has 0 aromatic heterocycles. The van der Waals surface area contributed by atoms with Gasteiger partial charge in [-0.2, -0.15) is 13.2 Å². The van der Waals surface area contributed by atoms with Crippen molar-refractivity contribution in [3.63, 3.8) is 0 Å². The van der Waals surface area contributed by atoms with Crippen molar-refractivity contribution >= 4 is 27.3 Å². The molecule has 5 nitrogen and oxygen atoms in total. The first-order valence-electron chi connectivity index (χ1n) is 8.80. The summed E-state index contributed by atoms with van der Waals surface area (Å²) in [5, 5.41) is 2.46. The zero-order valence-electron chi connectivity index (χ0n) is 15.6. The Balaban J connectivity index is 1.72. The summed E-state index contributed by atoms with van der Waals surface area (Å²) in [6, 6.07) is 15.2. The quantitative estimate of drug-likeness (QED) is 0.635. The number of amides is 1. The van der Waals surface area contributed by atoms with Crippen LogP contribution in [0.3, 0.4) is 0 Å². The van der Waals surface area contributed by atoms with Gasteiger partial charge in [0.15, 0.2) is 0 Å². The van der Waals surface area contributed by atoms with Gasteiger partial charge in [-0.05, 0) is 42.5 Å². The largest absolute Gasteiger partial charge is 0.416 e. The summed E-state index contributed by atoms with van der Waals surface area (Å²) in [4.78, 5) is 12.8. The second-order valence-corrected chi connectivity index (χ2v) is 8.67. The van der Waals surface area contributed by atoms with Crippen LogP contribution in [-0.2, 0) is 16.2 Å². The van der Waals surface area contributed by atoms with Gasteiger partial charge < -0.3 is 5.32 Å². The second kappa shape index (κ2) is 6.88. The van der Waals surface area contributed by atoms with E-state index >= 15 is 0 Å². The standard InChI is InChI=1S/C21H15F3N2O3S/c1-26-18-10-9-13(11-17(18)16-7-2-3-8-19(16)30(26,28)29)20(27)25-15-6-4-5-14(12-15)21(22,23)24/h2-12H,1H3,(H,25,27). The van der Waals surface area contributed by atoms with Crippen LogP contribution in [0.4, 0.5) is 24.5 Å². The Kier molecular flexibility index (Phi) is 4.58. The minimum Gasteiger partial charge on any atom is -0.322 e. The molecule has 4 rings (SSSR count). The molecule has 0 aliphatic carbocycles. The van der Waals surface area contributed by atoms with E-state index < -0.39 is 27.7 Å². The summed E-state index contributed by atoms with van der Waals surface area (Å²) in [6.45, 7) is 0. The molecule has 1 heterocycles. The number of fused-ring (bicyclic) bond motifs is 3. The topological polar surface area (TPSA) is 66.5 Å². The number of sulfonamides is 1. The summed E-state index contributed by atoms with van der Waals surface area (Å²) in [5.74, 6) is -0.606. The molecule has 0 atom stereocenters. The Bertz CT molecular complexity index is 1270. The molecule has 3 aromatic carbocycles. The summed E-state index contributed by atoms with van der Waals surface area (Å²) in [7, 11) is -2.29. The number of halogens is 3. The predicted molar refractivity (Wildman–Crippen MR) is 107 cm³/mol. The molecule has 1 aliphatic rings. The lowest BCUT2D eigenvalue weighted by molar-refractivity contribution is -0.137. The van der Waals surface area contributed by atoms with E-state index in [1.165, 1.54) is 43.4 Å². The molecule has 1 amide bonds. The molecule has 0 bridgehead atoms. The molecule has 1 N–H and O–H groups in total. The van der Waals surface area contributed by atoms with E-state index in [1.807, 2.05) is 0 Å². The Hall–Kier alpha value is -3.33. The van der Waals surface area contributed by atoms with E-state index in [2.05, 4.69) is 5.32 Å². The first-order chi connectivity index (χ1) is 14.1. The van der Waals surface area contributed by atoms with Crippen molar-refractivity contribution in [2.45, 2.75) is 11.1 Å². The number of benzene rings is 3. The maximum atomic E-state index is 12.9. The summed E-state index contributed by atoms with van der Waals surface area (Å²) < 4.78 is 65.2. The third-order valence-electron chi connectivity index (χ3n) is 4.86. The fourth-order valence-corrected chi connectivity index (χ4v) is 4.75. The number of hydrogen-bond acceptors (Lipinski definition) is 3.